The van der Waals surface area contributed by atoms with Crippen molar-refractivity contribution in [3.05, 3.63) is 54.1 Å². The molecule has 0 saturated heterocycles. The van der Waals surface area contributed by atoms with Crippen LogP contribution in [0.15, 0.2) is 48.5 Å². The number of carbonyl (C=O) groups excluding carboxylic acids is 1. The second-order valence-corrected chi connectivity index (χ2v) is 4.73. The van der Waals surface area contributed by atoms with Crippen molar-refractivity contribution in [2.24, 2.45) is 0 Å². The molecule has 0 heterocycles. The van der Waals surface area contributed by atoms with E-state index in [0.29, 0.717) is 5.75 Å². The first kappa shape index (κ1) is 17.5. The zero-order valence-electron chi connectivity index (χ0n) is 12.7. The smallest absolute Gasteiger partial charge is 0.497 e. The number of halogens is 3. The molecule has 2 N–H and O–H groups in total. The van der Waals surface area contributed by atoms with Crippen LogP contribution in [0.25, 0.3) is 0 Å². The van der Waals surface area contributed by atoms with Crippen molar-refractivity contribution in [2.45, 2.75) is 12.9 Å². The molecule has 0 saturated carbocycles. The van der Waals surface area contributed by atoms with Crippen molar-refractivity contribution in [3.8, 4) is 11.5 Å². The predicted octanol–water partition coefficient (Wildman–Crippen LogP) is 3.92. The Hall–Kier alpha value is -2.90. The van der Waals surface area contributed by atoms with Crippen LogP contribution in [-0.2, 0) is 6.54 Å². The van der Waals surface area contributed by atoms with E-state index in [-0.39, 0.29) is 12.2 Å². The van der Waals surface area contributed by atoms with Crippen molar-refractivity contribution >= 4 is 11.7 Å². The number of hydrogen-bond acceptors (Lipinski definition) is 3. The van der Waals surface area contributed by atoms with E-state index in [9.17, 15) is 18.0 Å². The summed E-state index contributed by atoms with van der Waals surface area (Å²) >= 11 is 0. The number of methoxy groups -OCH3 is 1. The lowest BCUT2D eigenvalue weighted by molar-refractivity contribution is -0.274. The lowest BCUT2D eigenvalue weighted by atomic mass is 10.2. The normalized spacial score (nSPS) is 10.8. The van der Waals surface area contributed by atoms with Crippen LogP contribution in [-0.4, -0.2) is 19.5 Å². The van der Waals surface area contributed by atoms with E-state index in [1.165, 1.54) is 12.1 Å². The van der Waals surface area contributed by atoms with E-state index in [2.05, 4.69) is 15.4 Å². The van der Waals surface area contributed by atoms with Gasteiger partial charge in [-0.1, -0.05) is 18.2 Å². The predicted molar refractivity (Wildman–Crippen MR) is 82.0 cm³/mol. The molecule has 0 radical (unpaired) electrons. The molecule has 2 aromatic carbocycles. The van der Waals surface area contributed by atoms with E-state index >= 15 is 0 Å². The summed E-state index contributed by atoms with van der Waals surface area (Å²) in [6.07, 6.45) is -4.78. The zero-order valence-corrected chi connectivity index (χ0v) is 12.7. The fraction of sp³-hybridized carbons (Fsp3) is 0.188. The lowest BCUT2D eigenvalue weighted by Gasteiger charge is -2.11. The van der Waals surface area contributed by atoms with E-state index < -0.39 is 18.1 Å². The molecule has 24 heavy (non-hydrogen) atoms. The van der Waals surface area contributed by atoms with Gasteiger partial charge in [-0.2, -0.15) is 0 Å². The largest absolute Gasteiger partial charge is 0.573 e. The number of hydrogen-bond donors (Lipinski definition) is 2. The summed E-state index contributed by atoms with van der Waals surface area (Å²) in [5.41, 5.74) is 1.03. The topological polar surface area (TPSA) is 59.6 Å². The Morgan fingerprint density at radius 3 is 2.42 bits per heavy atom. The van der Waals surface area contributed by atoms with Gasteiger partial charge < -0.3 is 20.1 Å². The fourth-order valence-corrected chi connectivity index (χ4v) is 1.87. The highest BCUT2D eigenvalue weighted by molar-refractivity contribution is 5.89. The molecule has 8 heteroatoms. The SMILES string of the molecule is COc1ccc(CNC(=O)Nc2cccc(OC(F)(F)F)c2)cc1. The van der Waals surface area contributed by atoms with Crippen molar-refractivity contribution in [1.82, 2.24) is 5.32 Å². The molecule has 0 atom stereocenters. The molecule has 0 fully saturated rings. The van der Waals surface area contributed by atoms with E-state index in [1.807, 2.05) is 0 Å². The first-order valence-electron chi connectivity index (χ1n) is 6.89. The number of urea groups is 1. The molecule has 0 bridgehead atoms. The van der Waals surface area contributed by atoms with Gasteiger partial charge in [0.05, 0.1) is 7.11 Å². The van der Waals surface area contributed by atoms with Crippen LogP contribution in [0.2, 0.25) is 0 Å². The van der Waals surface area contributed by atoms with Gasteiger partial charge in [0, 0.05) is 18.3 Å². The Kier molecular flexibility index (Phi) is 5.51. The van der Waals surface area contributed by atoms with Crippen molar-refractivity contribution < 1.29 is 27.4 Å². The van der Waals surface area contributed by atoms with Gasteiger partial charge in [0.1, 0.15) is 11.5 Å². The number of benzene rings is 2. The van der Waals surface area contributed by atoms with E-state index in [0.717, 1.165) is 17.7 Å². The number of rotatable bonds is 5. The van der Waals surface area contributed by atoms with Gasteiger partial charge in [-0.3, -0.25) is 0 Å². The zero-order chi connectivity index (χ0) is 17.6. The molecule has 0 spiro atoms. The maximum absolute atomic E-state index is 12.2. The maximum atomic E-state index is 12.2. The van der Waals surface area contributed by atoms with Gasteiger partial charge in [0.25, 0.3) is 0 Å². The number of ether oxygens (including phenoxy) is 2. The van der Waals surface area contributed by atoms with Gasteiger partial charge in [-0.15, -0.1) is 13.2 Å². The van der Waals surface area contributed by atoms with Gasteiger partial charge in [-0.25, -0.2) is 4.79 Å². The molecule has 0 unspecified atom stereocenters. The van der Waals surface area contributed by atoms with Gasteiger partial charge in [0.2, 0.25) is 0 Å². The second kappa shape index (κ2) is 7.58. The van der Waals surface area contributed by atoms with Crippen LogP contribution >= 0.6 is 0 Å². The molecule has 0 aliphatic carbocycles. The molecular formula is C16H15F3N2O3. The molecule has 2 aromatic rings. The average Bonchev–Trinajstić information content (AvgIpc) is 2.52. The monoisotopic (exact) mass is 340 g/mol. The summed E-state index contributed by atoms with van der Waals surface area (Å²) in [5.74, 6) is 0.292. The summed E-state index contributed by atoms with van der Waals surface area (Å²) in [4.78, 5) is 11.8. The Balaban J connectivity index is 1.88. The standard InChI is InChI=1S/C16H15F3N2O3/c1-23-13-7-5-11(6-8-13)10-20-15(22)21-12-3-2-4-14(9-12)24-16(17,18)19/h2-9H,10H2,1H3,(H2,20,21,22). The molecule has 128 valence electrons. The minimum atomic E-state index is -4.78. The van der Waals surface area contributed by atoms with E-state index in [1.54, 1.807) is 31.4 Å². The van der Waals surface area contributed by atoms with Crippen LogP contribution in [0.4, 0.5) is 23.7 Å². The van der Waals surface area contributed by atoms with Crippen LogP contribution in [0.5, 0.6) is 11.5 Å². The summed E-state index contributed by atoms with van der Waals surface area (Å²) in [5, 5.41) is 5.04. The first-order valence-corrected chi connectivity index (χ1v) is 6.89. The third-order valence-corrected chi connectivity index (χ3v) is 2.94. The highest BCUT2D eigenvalue weighted by atomic mass is 19.4. The minimum Gasteiger partial charge on any atom is -0.497 e. The molecule has 0 aliphatic heterocycles. The molecule has 0 aliphatic rings. The third kappa shape index (κ3) is 5.71. The highest BCUT2D eigenvalue weighted by Crippen LogP contribution is 2.25. The Morgan fingerprint density at radius 2 is 1.79 bits per heavy atom. The minimum absolute atomic E-state index is 0.184. The van der Waals surface area contributed by atoms with Crippen LogP contribution in [0.1, 0.15) is 5.56 Å². The van der Waals surface area contributed by atoms with Crippen molar-refractivity contribution in [1.29, 1.82) is 0 Å². The van der Waals surface area contributed by atoms with Crippen molar-refractivity contribution in [2.75, 3.05) is 12.4 Å². The maximum Gasteiger partial charge on any atom is 0.573 e. The quantitative estimate of drug-likeness (QED) is 0.867. The number of carbonyl (C=O) groups is 1. The summed E-state index contributed by atoms with van der Waals surface area (Å²) in [6.45, 7) is 0.259. The molecule has 0 aromatic heterocycles. The first-order chi connectivity index (χ1) is 11.4. The third-order valence-electron chi connectivity index (χ3n) is 2.94. The van der Waals surface area contributed by atoms with Gasteiger partial charge in [0.15, 0.2) is 0 Å². The number of anilines is 1. The molecule has 5 nitrogen and oxygen atoms in total. The van der Waals surface area contributed by atoms with Crippen molar-refractivity contribution in [3.63, 3.8) is 0 Å². The van der Waals surface area contributed by atoms with Crippen LogP contribution in [0.3, 0.4) is 0 Å². The van der Waals surface area contributed by atoms with Crippen LogP contribution in [0, 0.1) is 0 Å². The van der Waals surface area contributed by atoms with Gasteiger partial charge >= 0.3 is 12.4 Å². The summed E-state index contributed by atoms with van der Waals surface area (Å²) in [6, 6.07) is 11.6. The second-order valence-electron chi connectivity index (χ2n) is 4.73. The molecular weight excluding hydrogens is 325 g/mol. The van der Waals surface area contributed by atoms with Gasteiger partial charge in [-0.05, 0) is 29.8 Å². The molecule has 2 rings (SSSR count). The summed E-state index contributed by atoms with van der Waals surface area (Å²) in [7, 11) is 1.55. The number of nitrogens with one attached hydrogen (secondary N) is 2. The number of alkyl halides is 3. The average molecular weight is 340 g/mol. The van der Waals surface area contributed by atoms with Crippen LogP contribution < -0.4 is 20.1 Å². The lowest BCUT2D eigenvalue weighted by Crippen LogP contribution is -2.28. The summed E-state index contributed by atoms with van der Waals surface area (Å²) < 4.78 is 45.3. The fourth-order valence-electron chi connectivity index (χ4n) is 1.87. The van der Waals surface area contributed by atoms with E-state index in [4.69, 9.17) is 4.74 Å². The highest BCUT2D eigenvalue weighted by Gasteiger charge is 2.31. The Labute approximate surface area is 136 Å². The Morgan fingerprint density at radius 1 is 1.08 bits per heavy atom. The molecule has 2 amide bonds. The Bertz CT molecular complexity index is 688. The number of amides is 2.